The summed E-state index contributed by atoms with van der Waals surface area (Å²) in [6, 6.07) is 5.47. The predicted molar refractivity (Wildman–Crippen MR) is 77.5 cm³/mol. The molecule has 2 aromatic rings. The highest BCUT2D eigenvalue weighted by atomic mass is 19.1. The van der Waals surface area contributed by atoms with Crippen LogP contribution >= 0.6 is 0 Å². The van der Waals surface area contributed by atoms with Gasteiger partial charge in [-0.05, 0) is 30.5 Å². The maximum atomic E-state index is 13.7. The first kappa shape index (κ1) is 15.6. The van der Waals surface area contributed by atoms with Crippen LogP contribution in [0.15, 0.2) is 24.3 Å². The first-order valence-corrected chi connectivity index (χ1v) is 6.95. The highest BCUT2D eigenvalue weighted by Crippen LogP contribution is 2.14. The van der Waals surface area contributed by atoms with Gasteiger partial charge in [0.1, 0.15) is 11.6 Å². The van der Waals surface area contributed by atoms with E-state index in [4.69, 9.17) is 5.84 Å². The van der Waals surface area contributed by atoms with Crippen molar-refractivity contribution in [2.45, 2.75) is 32.2 Å². The van der Waals surface area contributed by atoms with Gasteiger partial charge in [-0.15, -0.1) is 0 Å². The van der Waals surface area contributed by atoms with Crippen molar-refractivity contribution in [1.29, 1.82) is 0 Å². The van der Waals surface area contributed by atoms with E-state index in [1.54, 1.807) is 0 Å². The summed E-state index contributed by atoms with van der Waals surface area (Å²) in [6.45, 7) is 2.04. The fraction of sp³-hybridized carbons (Fsp3) is 0.400. The fourth-order valence-electron chi connectivity index (χ4n) is 2.33. The minimum absolute atomic E-state index is 0.148. The van der Waals surface area contributed by atoms with Crippen LogP contribution in [-0.4, -0.2) is 15.8 Å². The van der Waals surface area contributed by atoms with Crippen LogP contribution in [0.1, 0.15) is 23.9 Å². The smallest absolute Gasteiger partial charge is 0.129 e. The lowest BCUT2D eigenvalue weighted by atomic mass is 10.0. The van der Waals surface area contributed by atoms with Crippen LogP contribution in [0.25, 0.3) is 0 Å². The number of nitrogens with one attached hydrogen (secondary N) is 1. The van der Waals surface area contributed by atoms with Crippen molar-refractivity contribution in [1.82, 2.24) is 15.2 Å². The number of halogens is 2. The molecule has 0 aliphatic heterocycles. The third-order valence-electron chi connectivity index (χ3n) is 3.56. The molecular formula is C15H20F2N4. The van der Waals surface area contributed by atoms with Gasteiger partial charge in [-0.3, -0.25) is 16.0 Å². The normalized spacial score (nSPS) is 12.6. The topological polar surface area (TPSA) is 55.9 Å². The summed E-state index contributed by atoms with van der Waals surface area (Å²) in [5.41, 5.74) is 5.17. The Morgan fingerprint density at radius 2 is 2.05 bits per heavy atom. The zero-order valence-electron chi connectivity index (χ0n) is 12.2. The van der Waals surface area contributed by atoms with Gasteiger partial charge in [-0.2, -0.15) is 5.10 Å². The van der Waals surface area contributed by atoms with Crippen molar-refractivity contribution in [3.63, 3.8) is 0 Å². The molecule has 0 saturated carbocycles. The first-order chi connectivity index (χ1) is 10.0. The number of aromatic nitrogens is 2. The zero-order valence-corrected chi connectivity index (χ0v) is 12.2. The van der Waals surface area contributed by atoms with Gasteiger partial charge in [-0.1, -0.05) is 13.0 Å². The average Bonchev–Trinajstić information content (AvgIpc) is 2.81. The number of hydrazine groups is 1. The molecule has 1 heterocycles. The van der Waals surface area contributed by atoms with Crippen molar-refractivity contribution in [3.8, 4) is 0 Å². The van der Waals surface area contributed by atoms with Crippen molar-refractivity contribution < 1.29 is 8.78 Å². The Morgan fingerprint density at radius 1 is 1.29 bits per heavy atom. The molecule has 3 N–H and O–H groups in total. The van der Waals surface area contributed by atoms with Crippen molar-refractivity contribution in [3.05, 3.63) is 52.9 Å². The number of rotatable bonds is 6. The molecule has 0 radical (unpaired) electrons. The van der Waals surface area contributed by atoms with Crippen molar-refractivity contribution in [2.75, 3.05) is 0 Å². The number of nitrogens with two attached hydrogens (primary N) is 1. The van der Waals surface area contributed by atoms with Gasteiger partial charge in [0.25, 0.3) is 0 Å². The Bertz CT molecular complexity index is 610. The maximum absolute atomic E-state index is 13.7. The molecule has 0 spiro atoms. The molecule has 114 valence electrons. The standard InChI is InChI=1S/C15H20F2N4/c1-3-12-8-14(21(2)20-12)9-13(19-18)6-10-4-5-11(16)7-15(10)17/h4-5,7-8,13,19H,3,6,9,18H2,1-2H3. The molecule has 0 amide bonds. The lowest BCUT2D eigenvalue weighted by Crippen LogP contribution is -2.39. The second-order valence-electron chi connectivity index (χ2n) is 5.11. The first-order valence-electron chi connectivity index (χ1n) is 6.95. The molecule has 1 aromatic heterocycles. The van der Waals surface area contributed by atoms with E-state index in [2.05, 4.69) is 10.5 Å². The molecule has 0 saturated heterocycles. The van der Waals surface area contributed by atoms with Crippen LogP contribution in [0.3, 0.4) is 0 Å². The second kappa shape index (κ2) is 6.78. The summed E-state index contributed by atoms with van der Waals surface area (Å²) in [6.07, 6.45) is 1.87. The lowest BCUT2D eigenvalue weighted by molar-refractivity contribution is 0.489. The monoisotopic (exact) mass is 294 g/mol. The van der Waals surface area contributed by atoms with Gasteiger partial charge in [0.05, 0.1) is 5.69 Å². The molecule has 1 atom stereocenters. The van der Waals surface area contributed by atoms with Crippen molar-refractivity contribution >= 4 is 0 Å². The Morgan fingerprint density at radius 3 is 2.62 bits per heavy atom. The predicted octanol–water partition coefficient (Wildman–Crippen LogP) is 1.88. The third-order valence-corrected chi connectivity index (χ3v) is 3.56. The summed E-state index contributed by atoms with van der Waals surface area (Å²) in [5, 5.41) is 4.38. The van der Waals surface area contributed by atoms with Crippen molar-refractivity contribution in [2.24, 2.45) is 12.9 Å². The number of hydrogen-bond acceptors (Lipinski definition) is 3. The van der Waals surface area contributed by atoms with Gasteiger partial charge in [0, 0.05) is 31.3 Å². The molecule has 4 nitrogen and oxygen atoms in total. The van der Waals surface area contributed by atoms with E-state index in [0.29, 0.717) is 18.4 Å². The van der Waals surface area contributed by atoms with E-state index >= 15 is 0 Å². The lowest BCUT2D eigenvalue weighted by Gasteiger charge is -2.16. The van der Waals surface area contributed by atoms with E-state index in [1.165, 1.54) is 12.1 Å². The highest BCUT2D eigenvalue weighted by molar-refractivity contribution is 5.20. The van der Waals surface area contributed by atoms with E-state index in [0.717, 1.165) is 23.9 Å². The van der Waals surface area contributed by atoms with Crippen LogP contribution in [0, 0.1) is 11.6 Å². The minimum atomic E-state index is -0.576. The molecule has 2 rings (SSSR count). The summed E-state index contributed by atoms with van der Waals surface area (Å²) < 4.78 is 28.4. The number of aryl methyl sites for hydroxylation is 2. The average molecular weight is 294 g/mol. The highest BCUT2D eigenvalue weighted by Gasteiger charge is 2.15. The van der Waals surface area contributed by atoms with Gasteiger partial charge in [0.2, 0.25) is 0 Å². The van der Waals surface area contributed by atoms with Crippen LogP contribution in [0.4, 0.5) is 8.78 Å². The van der Waals surface area contributed by atoms with Crippen LogP contribution in [0.2, 0.25) is 0 Å². The van der Waals surface area contributed by atoms with Crippen LogP contribution < -0.4 is 11.3 Å². The van der Waals surface area contributed by atoms with Crippen LogP contribution in [-0.2, 0) is 26.3 Å². The molecule has 1 unspecified atom stereocenters. The van der Waals surface area contributed by atoms with E-state index < -0.39 is 11.6 Å². The van der Waals surface area contributed by atoms with E-state index in [9.17, 15) is 8.78 Å². The van der Waals surface area contributed by atoms with E-state index in [-0.39, 0.29) is 6.04 Å². The van der Waals surface area contributed by atoms with E-state index in [1.807, 2.05) is 24.7 Å². The fourth-order valence-corrected chi connectivity index (χ4v) is 2.33. The molecule has 0 bridgehead atoms. The number of nitrogens with zero attached hydrogens (tertiary/aromatic N) is 2. The second-order valence-corrected chi connectivity index (χ2v) is 5.11. The Hall–Kier alpha value is -1.79. The largest absolute Gasteiger partial charge is 0.272 e. The van der Waals surface area contributed by atoms with Gasteiger partial charge in [-0.25, -0.2) is 8.78 Å². The molecule has 21 heavy (non-hydrogen) atoms. The molecule has 0 aliphatic carbocycles. The summed E-state index contributed by atoms with van der Waals surface area (Å²) in [5.74, 6) is 4.44. The molecular weight excluding hydrogens is 274 g/mol. The summed E-state index contributed by atoms with van der Waals surface area (Å²) in [4.78, 5) is 0. The maximum Gasteiger partial charge on any atom is 0.129 e. The van der Waals surface area contributed by atoms with Gasteiger partial charge >= 0.3 is 0 Å². The van der Waals surface area contributed by atoms with Crippen LogP contribution in [0.5, 0.6) is 0 Å². The van der Waals surface area contributed by atoms with Gasteiger partial charge in [0.15, 0.2) is 0 Å². The third kappa shape index (κ3) is 3.86. The number of benzene rings is 1. The van der Waals surface area contributed by atoms with Gasteiger partial charge < -0.3 is 0 Å². The zero-order chi connectivity index (χ0) is 15.4. The Labute approximate surface area is 122 Å². The number of hydrogen-bond donors (Lipinski definition) is 2. The molecule has 0 fully saturated rings. The SMILES string of the molecule is CCc1cc(CC(Cc2ccc(F)cc2F)NN)n(C)n1. The Kier molecular flexibility index (Phi) is 5.03. The summed E-state index contributed by atoms with van der Waals surface area (Å²) in [7, 11) is 1.88. The summed E-state index contributed by atoms with van der Waals surface area (Å²) >= 11 is 0. The quantitative estimate of drug-likeness (QED) is 0.632. The Balaban J connectivity index is 2.10. The molecule has 1 aromatic carbocycles. The molecule has 0 aliphatic rings. The molecule has 6 heteroatoms. The minimum Gasteiger partial charge on any atom is -0.272 e.